The third-order valence-corrected chi connectivity index (χ3v) is 6.63. The lowest BCUT2D eigenvalue weighted by Crippen LogP contribution is -2.48. The predicted molar refractivity (Wildman–Crippen MR) is 124 cm³/mol. The van der Waals surface area contributed by atoms with Crippen molar-refractivity contribution in [1.29, 1.82) is 0 Å². The maximum atomic E-state index is 13.4. The summed E-state index contributed by atoms with van der Waals surface area (Å²) < 4.78 is 11.2. The second-order valence-corrected chi connectivity index (χ2v) is 9.07. The number of amides is 1. The highest BCUT2D eigenvalue weighted by atomic mass is 32.1. The Bertz CT molecular complexity index is 840. The number of aryl methyl sites for hydroxylation is 1. The Morgan fingerprint density at radius 2 is 2.16 bits per heavy atom. The Balaban J connectivity index is 1.72. The van der Waals surface area contributed by atoms with Gasteiger partial charge in [-0.2, -0.15) is 0 Å². The smallest absolute Gasteiger partial charge is 0.237 e. The fraction of sp³-hybridized carbons (Fsp3) is 0.542. The summed E-state index contributed by atoms with van der Waals surface area (Å²) in [6, 6.07) is 9.99. The van der Waals surface area contributed by atoms with Crippen LogP contribution in [0.4, 0.5) is 0 Å². The Morgan fingerprint density at radius 1 is 1.35 bits per heavy atom. The normalized spacial score (nSPS) is 16.9. The lowest BCUT2D eigenvalue weighted by atomic mass is 10.00. The molecule has 0 fully saturated rings. The quantitative estimate of drug-likeness (QED) is 0.574. The third kappa shape index (κ3) is 6.29. The zero-order chi connectivity index (χ0) is 22.2. The van der Waals surface area contributed by atoms with Crippen molar-refractivity contribution in [2.24, 2.45) is 0 Å². The van der Waals surface area contributed by atoms with Gasteiger partial charge in [0.25, 0.3) is 0 Å². The van der Waals surface area contributed by atoms with Gasteiger partial charge in [-0.3, -0.25) is 9.69 Å². The minimum Gasteiger partial charge on any atom is -0.491 e. The van der Waals surface area contributed by atoms with Crippen LogP contribution in [-0.2, 0) is 16.0 Å². The Kier molecular flexibility index (Phi) is 8.90. The van der Waals surface area contributed by atoms with Gasteiger partial charge in [0, 0.05) is 25.1 Å². The molecule has 31 heavy (non-hydrogen) atoms. The molecule has 0 unspecified atom stereocenters. The van der Waals surface area contributed by atoms with E-state index in [4.69, 9.17) is 9.47 Å². The number of methoxy groups -OCH3 is 1. The predicted octanol–water partition coefficient (Wildman–Crippen LogP) is 3.28. The zero-order valence-electron chi connectivity index (χ0n) is 18.8. The number of thiophene rings is 1. The molecule has 0 radical (unpaired) electrons. The number of carbonyl (C=O) groups is 1. The van der Waals surface area contributed by atoms with Crippen LogP contribution in [0.25, 0.3) is 0 Å². The van der Waals surface area contributed by atoms with Crippen LogP contribution in [0.5, 0.6) is 5.75 Å². The first kappa shape index (κ1) is 23.7. The number of aliphatic hydroxyl groups is 1. The van der Waals surface area contributed by atoms with E-state index >= 15 is 0 Å². The van der Waals surface area contributed by atoms with Gasteiger partial charge >= 0.3 is 0 Å². The average Bonchev–Trinajstić information content (AvgIpc) is 3.22. The molecule has 1 aliphatic rings. The van der Waals surface area contributed by atoms with Gasteiger partial charge in [0.2, 0.25) is 5.91 Å². The highest BCUT2D eigenvalue weighted by molar-refractivity contribution is 7.10. The summed E-state index contributed by atoms with van der Waals surface area (Å²) in [6.45, 7) is 6.97. The van der Waals surface area contributed by atoms with E-state index < -0.39 is 6.10 Å². The second kappa shape index (κ2) is 11.6. The van der Waals surface area contributed by atoms with Crippen LogP contribution in [0.2, 0.25) is 0 Å². The molecule has 0 aliphatic carbocycles. The molecule has 0 spiro atoms. The van der Waals surface area contributed by atoms with E-state index in [1.807, 2.05) is 41.0 Å². The molecule has 2 atom stereocenters. The molecule has 0 saturated heterocycles. The SMILES string of the molecule is CCCN(CC(=O)N1CCc2sccc2[C@@H]1COc1ccccc1C)C[C@H](O)COC. The molecule has 6 nitrogen and oxygen atoms in total. The van der Waals surface area contributed by atoms with E-state index in [1.54, 1.807) is 18.4 Å². The van der Waals surface area contributed by atoms with E-state index in [0.29, 0.717) is 19.7 Å². The number of carbonyl (C=O) groups excluding carboxylic acids is 1. The summed E-state index contributed by atoms with van der Waals surface area (Å²) in [5, 5.41) is 12.3. The van der Waals surface area contributed by atoms with Crippen LogP contribution in [-0.4, -0.2) is 73.4 Å². The number of hydrogen-bond donors (Lipinski definition) is 1. The third-order valence-electron chi connectivity index (χ3n) is 5.63. The van der Waals surface area contributed by atoms with Crippen molar-refractivity contribution in [1.82, 2.24) is 9.80 Å². The summed E-state index contributed by atoms with van der Waals surface area (Å²) in [6.07, 6.45) is 1.19. The first-order valence-corrected chi connectivity index (χ1v) is 11.8. The van der Waals surface area contributed by atoms with Crippen molar-refractivity contribution in [3.8, 4) is 5.75 Å². The van der Waals surface area contributed by atoms with E-state index in [1.165, 1.54) is 10.4 Å². The number of fused-ring (bicyclic) bond motifs is 1. The van der Waals surface area contributed by atoms with Gasteiger partial charge in [0.1, 0.15) is 12.4 Å². The second-order valence-electron chi connectivity index (χ2n) is 8.07. The minimum absolute atomic E-state index is 0.0771. The fourth-order valence-electron chi connectivity index (χ4n) is 4.14. The van der Waals surface area contributed by atoms with Gasteiger partial charge in [-0.1, -0.05) is 25.1 Å². The van der Waals surface area contributed by atoms with Crippen LogP contribution >= 0.6 is 11.3 Å². The molecule has 1 aromatic carbocycles. The van der Waals surface area contributed by atoms with E-state index in [0.717, 1.165) is 30.7 Å². The van der Waals surface area contributed by atoms with Crippen LogP contribution in [0.1, 0.15) is 35.4 Å². The number of nitrogens with zero attached hydrogens (tertiary/aromatic N) is 2. The first-order chi connectivity index (χ1) is 15.0. The lowest BCUT2D eigenvalue weighted by Gasteiger charge is -2.37. The first-order valence-electron chi connectivity index (χ1n) is 11.0. The van der Waals surface area contributed by atoms with Gasteiger partial charge in [-0.05, 0) is 54.9 Å². The standard InChI is InChI=1S/C24H34N2O4S/c1-4-11-25(14-19(27)16-29-3)15-24(28)26-12-9-23-20(10-13-31-23)21(26)17-30-22-8-6-5-7-18(22)2/h5-8,10,13,19,21,27H,4,9,11-12,14-17H2,1-3H3/t19-,21-/m0/s1. The van der Waals surface area contributed by atoms with Crippen molar-refractivity contribution < 1.29 is 19.4 Å². The van der Waals surface area contributed by atoms with Gasteiger partial charge in [-0.25, -0.2) is 0 Å². The molecule has 1 N–H and O–H groups in total. The van der Waals surface area contributed by atoms with Gasteiger partial charge in [0.15, 0.2) is 0 Å². The molecular formula is C24H34N2O4S. The number of hydrogen-bond acceptors (Lipinski definition) is 6. The zero-order valence-corrected chi connectivity index (χ0v) is 19.6. The van der Waals surface area contributed by atoms with Crippen LogP contribution in [0, 0.1) is 6.92 Å². The lowest BCUT2D eigenvalue weighted by molar-refractivity contribution is -0.136. The Labute approximate surface area is 189 Å². The number of aliphatic hydroxyl groups excluding tert-OH is 1. The summed E-state index contributed by atoms with van der Waals surface area (Å²) in [5.41, 5.74) is 2.28. The summed E-state index contributed by atoms with van der Waals surface area (Å²) >= 11 is 1.75. The fourth-order valence-corrected chi connectivity index (χ4v) is 5.07. The summed E-state index contributed by atoms with van der Waals surface area (Å²) in [4.78, 5) is 18.7. The van der Waals surface area contributed by atoms with E-state index in [-0.39, 0.29) is 25.1 Å². The van der Waals surface area contributed by atoms with Crippen LogP contribution < -0.4 is 4.74 Å². The molecule has 0 saturated carbocycles. The topological polar surface area (TPSA) is 62.2 Å². The number of ether oxygens (including phenoxy) is 2. The van der Waals surface area contributed by atoms with E-state index in [9.17, 15) is 9.90 Å². The molecule has 170 valence electrons. The molecule has 2 heterocycles. The minimum atomic E-state index is -0.602. The molecule has 1 aliphatic heterocycles. The molecule has 1 aromatic heterocycles. The number of rotatable bonds is 11. The molecule has 7 heteroatoms. The van der Waals surface area contributed by atoms with Gasteiger partial charge < -0.3 is 19.5 Å². The molecule has 2 aromatic rings. The molecule has 1 amide bonds. The van der Waals surface area contributed by atoms with E-state index in [2.05, 4.69) is 18.4 Å². The molecular weight excluding hydrogens is 412 g/mol. The number of benzene rings is 1. The van der Waals surface area contributed by atoms with Crippen molar-refractivity contribution in [3.63, 3.8) is 0 Å². The maximum absolute atomic E-state index is 13.4. The van der Waals surface area contributed by atoms with Gasteiger partial charge in [0.05, 0.1) is 25.3 Å². The van der Waals surface area contributed by atoms with Crippen molar-refractivity contribution >= 4 is 17.2 Å². The van der Waals surface area contributed by atoms with Gasteiger partial charge in [-0.15, -0.1) is 11.3 Å². The summed E-state index contributed by atoms with van der Waals surface area (Å²) in [7, 11) is 1.57. The molecule has 0 bridgehead atoms. The monoisotopic (exact) mass is 446 g/mol. The molecule has 3 rings (SSSR count). The Morgan fingerprint density at radius 3 is 2.90 bits per heavy atom. The van der Waals surface area contributed by atoms with Crippen molar-refractivity contribution in [2.45, 2.75) is 38.8 Å². The van der Waals surface area contributed by atoms with Crippen LogP contribution in [0.15, 0.2) is 35.7 Å². The summed E-state index contributed by atoms with van der Waals surface area (Å²) in [5.74, 6) is 0.931. The largest absolute Gasteiger partial charge is 0.491 e. The maximum Gasteiger partial charge on any atom is 0.237 e. The Hall–Kier alpha value is -1.93. The number of para-hydroxylation sites is 1. The average molecular weight is 447 g/mol. The highest BCUT2D eigenvalue weighted by Crippen LogP contribution is 2.34. The van der Waals surface area contributed by atoms with Crippen molar-refractivity contribution in [2.75, 3.05) is 46.5 Å². The van der Waals surface area contributed by atoms with Crippen LogP contribution in [0.3, 0.4) is 0 Å². The van der Waals surface area contributed by atoms with Crippen molar-refractivity contribution in [3.05, 3.63) is 51.7 Å². The highest BCUT2D eigenvalue weighted by Gasteiger charge is 2.33.